The van der Waals surface area contributed by atoms with Gasteiger partial charge in [-0.25, -0.2) is 0 Å². The predicted molar refractivity (Wildman–Crippen MR) is 47.3 cm³/mol. The van der Waals surface area contributed by atoms with Gasteiger partial charge < -0.3 is 0 Å². The summed E-state index contributed by atoms with van der Waals surface area (Å²) in [4.78, 5) is 0. The summed E-state index contributed by atoms with van der Waals surface area (Å²) in [5, 5.41) is 7.06. The van der Waals surface area contributed by atoms with Crippen LogP contribution in [0, 0.1) is 6.92 Å². The molecule has 0 aliphatic rings. The topological polar surface area (TPSA) is 28.7 Å². The highest BCUT2D eigenvalue weighted by Crippen LogP contribution is 2.11. The summed E-state index contributed by atoms with van der Waals surface area (Å²) in [7, 11) is 0. The van der Waals surface area contributed by atoms with E-state index >= 15 is 0 Å². The van der Waals surface area contributed by atoms with E-state index < -0.39 is 0 Å². The number of hydrogen-bond donors (Lipinski definition) is 1. The molecule has 60 valence electrons. The fourth-order valence-electron chi connectivity index (χ4n) is 1.03. The molecule has 0 fully saturated rings. The molecular formula is C9H14N2. The molecular weight excluding hydrogens is 136 g/mol. The first-order chi connectivity index (χ1) is 5.24. The Morgan fingerprint density at radius 1 is 1.73 bits per heavy atom. The average Bonchev–Trinajstić information content (AvgIpc) is 2.36. The molecule has 11 heavy (non-hydrogen) atoms. The van der Waals surface area contributed by atoms with Gasteiger partial charge in [0.1, 0.15) is 0 Å². The first-order valence-corrected chi connectivity index (χ1v) is 3.93. The van der Waals surface area contributed by atoms with Gasteiger partial charge in [0.2, 0.25) is 0 Å². The van der Waals surface area contributed by atoms with Gasteiger partial charge in [0.05, 0.1) is 5.69 Å². The van der Waals surface area contributed by atoms with Gasteiger partial charge in [-0.15, -0.1) is 0 Å². The van der Waals surface area contributed by atoms with Crippen molar-refractivity contribution in [2.24, 2.45) is 0 Å². The Labute approximate surface area is 67.3 Å². The second-order valence-corrected chi connectivity index (χ2v) is 2.73. The third-order valence-corrected chi connectivity index (χ3v) is 1.62. The van der Waals surface area contributed by atoms with Crippen molar-refractivity contribution in [3.05, 3.63) is 23.5 Å². The van der Waals surface area contributed by atoms with Gasteiger partial charge in [-0.3, -0.25) is 5.10 Å². The van der Waals surface area contributed by atoms with E-state index in [2.05, 4.69) is 36.2 Å². The molecule has 0 atom stereocenters. The first-order valence-electron chi connectivity index (χ1n) is 3.93. The Balaban J connectivity index is 2.84. The maximum atomic E-state index is 4.14. The normalized spacial score (nSPS) is 12.1. The van der Waals surface area contributed by atoms with Gasteiger partial charge in [-0.05, 0) is 31.9 Å². The minimum absolute atomic E-state index is 1.06. The molecule has 1 aromatic rings. The van der Waals surface area contributed by atoms with Crippen molar-refractivity contribution < 1.29 is 0 Å². The molecule has 1 N–H and O–H groups in total. The lowest BCUT2D eigenvalue weighted by Gasteiger charge is -1.91. The highest BCUT2D eigenvalue weighted by atomic mass is 15.1. The van der Waals surface area contributed by atoms with E-state index in [4.69, 9.17) is 0 Å². The van der Waals surface area contributed by atoms with Crippen LogP contribution in [0.2, 0.25) is 0 Å². The molecule has 1 rings (SSSR count). The maximum absolute atomic E-state index is 4.14. The van der Waals surface area contributed by atoms with E-state index in [1.54, 1.807) is 0 Å². The van der Waals surface area contributed by atoms with Crippen molar-refractivity contribution in [3.8, 4) is 0 Å². The molecule has 0 aliphatic carbocycles. The number of allylic oxidation sites excluding steroid dienone is 2. The van der Waals surface area contributed by atoms with Crippen LogP contribution in [0.3, 0.4) is 0 Å². The van der Waals surface area contributed by atoms with Gasteiger partial charge >= 0.3 is 0 Å². The summed E-state index contributed by atoms with van der Waals surface area (Å²) < 4.78 is 0. The summed E-state index contributed by atoms with van der Waals surface area (Å²) in [6, 6.07) is 2.06. The summed E-state index contributed by atoms with van der Waals surface area (Å²) in [5.74, 6) is 0. The average molecular weight is 150 g/mol. The standard InChI is InChI=1S/C9H14N2/c1-4-5-7(2)9-6-8(3)10-11-9/h5-6H,4H2,1-3H3,(H,10,11)/b7-5+. The Hall–Kier alpha value is -1.05. The molecule has 1 heterocycles. The van der Waals surface area contributed by atoms with Crippen LogP contribution in [0.25, 0.3) is 5.57 Å². The monoisotopic (exact) mass is 150 g/mol. The minimum atomic E-state index is 1.06. The second-order valence-electron chi connectivity index (χ2n) is 2.73. The van der Waals surface area contributed by atoms with Crippen molar-refractivity contribution >= 4 is 5.57 Å². The van der Waals surface area contributed by atoms with Crippen LogP contribution in [0.15, 0.2) is 12.1 Å². The van der Waals surface area contributed by atoms with Crippen molar-refractivity contribution in [3.63, 3.8) is 0 Å². The maximum Gasteiger partial charge on any atom is 0.0877 e. The zero-order valence-corrected chi connectivity index (χ0v) is 7.31. The zero-order valence-electron chi connectivity index (χ0n) is 7.31. The molecule has 0 saturated heterocycles. The SMILES string of the molecule is CC/C=C(\C)c1cc(C)[nH]n1. The molecule has 0 aliphatic heterocycles. The minimum Gasteiger partial charge on any atom is -0.282 e. The largest absolute Gasteiger partial charge is 0.282 e. The number of aryl methyl sites for hydroxylation is 1. The molecule has 0 spiro atoms. The molecule has 0 saturated carbocycles. The lowest BCUT2D eigenvalue weighted by Crippen LogP contribution is -1.78. The van der Waals surface area contributed by atoms with Crippen LogP contribution in [-0.4, -0.2) is 10.2 Å². The van der Waals surface area contributed by atoms with E-state index in [9.17, 15) is 0 Å². The van der Waals surface area contributed by atoms with E-state index in [0.717, 1.165) is 17.8 Å². The molecule has 2 nitrogen and oxygen atoms in total. The predicted octanol–water partition coefficient (Wildman–Crippen LogP) is 2.53. The zero-order chi connectivity index (χ0) is 8.27. The van der Waals surface area contributed by atoms with Crippen molar-refractivity contribution in [1.82, 2.24) is 10.2 Å². The van der Waals surface area contributed by atoms with E-state index in [1.165, 1.54) is 5.57 Å². The lowest BCUT2D eigenvalue weighted by molar-refractivity contribution is 1.03. The molecule has 0 unspecified atom stereocenters. The summed E-state index contributed by atoms with van der Waals surface area (Å²) in [6.45, 7) is 6.22. The number of nitrogens with zero attached hydrogens (tertiary/aromatic N) is 1. The van der Waals surface area contributed by atoms with E-state index in [0.29, 0.717) is 0 Å². The van der Waals surface area contributed by atoms with Gasteiger partial charge in [0.25, 0.3) is 0 Å². The number of aromatic amines is 1. The number of nitrogens with one attached hydrogen (secondary N) is 1. The summed E-state index contributed by atoms with van der Waals surface area (Å²) in [5.41, 5.74) is 3.42. The third-order valence-electron chi connectivity index (χ3n) is 1.62. The number of hydrogen-bond acceptors (Lipinski definition) is 1. The molecule has 0 bridgehead atoms. The van der Waals surface area contributed by atoms with Crippen LogP contribution < -0.4 is 0 Å². The molecule has 0 amide bonds. The van der Waals surface area contributed by atoms with E-state index in [-0.39, 0.29) is 0 Å². The fraction of sp³-hybridized carbons (Fsp3) is 0.444. The van der Waals surface area contributed by atoms with Gasteiger partial charge in [0.15, 0.2) is 0 Å². The van der Waals surface area contributed by atoms with Crippen LogP contribution in [0.5, 0.6) is 0 Å². The quantitative estimate of drug-likeness (QED) is 0.689. The van der Waals surface area contributed by atoms with Gasteiger partial charge in [-0.1, -0.05) is 13.0 Å². The fourth-order valence-corrected chi connectivity index (χ4v) is 1.03. The molecule has 1 aromatic heterocycles. The van der Waals surface area contributed by atoms with Crippen LogP contribution >= 0.6 is 0 Å². The number of H-pyrrole nitrogens is 1. The van der Waals surface area contributed by atoms with Gasteiger partial charge in [-0.2, -0.15) is 5.10 Å². The second kappa shape index (κ2) is 3.37. The smallest absolute Gasteiger partial charge is 0.0877 e. The summed E-state index contributed by atoms with van der Waals surface area (Å²) >= 11 is 0. The molecule has 2 heteroatoms. The third kappa shape index (κ3) is 1.93. The molecule has 0 radical (unpaired) electrons. The van der Waals surface area contributed by atoms with E-state index in [1.807, 2.05) is 6.92 Å². The van der Waals surface area contributed by atoms with Crippen molar-refractivity contribution in [2.45, 2.75) is 27.2 Å². The Morgan fingerprint density at radius 3 is 2.91 bits per heavy atom. The first kappa shape index (κ1) is 8.05. The highest BCUT2D eigenvalue weighted by molar-refractivity contribution is 5.60. The van der Waals surface area contributed by atoms with Crippen LogP contribution in [0.4, 0.5) is 0 Å². The van der Waals surface area contributed by atoms with Crippen molar-refractivity contribution in [2.75, 3.05) is 0 Å². The highest BCUT2D eigenvalue weighted by Gasteiger charge is 1.97. The van der Waals surface area contributed by atoms with Crippen LogP contribution in [-0.2, 0) is 0 Å². The Bertz CT molecular complexity index is 258. The van der Waals surface area contributed by atoms with Crippen LogP contribution in [0.1, 0.15) is 31.7 Å². The summed E-state index contributed by atoms with van der Waals surface area (Å²) in [6.07, 6.45) is 3.24. The Kier molecular flexibility index (Phi) is 2.47. The van der Waals surface area contributed by atoms with Crippen molar-refractivity contribution in [1.29, 1.82) is 0 Å². The lowest BCUT2D eigenvalue weighted by atomic mass is 10.2. The van der Waals surface area contributed by atoms with Gasteiger partial charge in [0, 0.05) is 5.69 Å². The Morgan fingerprint density at radius 2 is 2.45 bits per heavy atom. The number of rotatable bonds is 2. The molecule has 0 aromatic carbocycles. The number of aromatic nitrogens is 2.